The van der Waals surface area contributed by atoms with Crippen LogP contribution >= 0.6 is 0 Å². The number of pyridine rings is 1. The molecule has 0 amide bonds. The van der Waals surface area contributed by atoms with Crippen molar-refractivity contribution in [3.63, 3.8) is 0 Å². The van der Waals surface area contributed by atoms with Crippen LogP contribution in [0.5, 0.6) is 5.75 Å². The SMILES string of the molecule is Cc1cc2ncnn2cc1C1CCN(S(=O)(=O)c2ccc3c(c2)CCCO3)CC1. The topological polar surface area (TPSA) is 76.8 Å². The van der Waals surface area contributed by atoms with Gasteiger partial charge in [0.05, 0.1) is 11.5 Å². The summed E-state index contributed by atoms with van der Waals surface area (Å²) in [4.78, 5) is 4.61. The molecule has 152 valence electrons. The summed E-state index contributed by atoms with van der Waals surface area (Å²) in [6.45, 7) is 3.83. The minimum Gasteiger partial charge on any atom is -0.493 e. The minimum atomic E-state index is -3.49. The van der Waals surface area contributed by atoms with Crippen LogP contribution in [0.4, 0.5) is 0 Å². The predicted octanol–water partition coefficient (Wildman–Crippen LogP) is 2.93. The number of sulfonamides is 1. The third-order valence-corrected chi connectivity index (χ3v) is 7.97. The van der Waals surface area contributed by atoms with Crippen molar-refractivity contribution in [2.24, 2.45) is 0 Å². The van der Waals surface area contributed by atoms with Crippen molar-refractivity contribution in [1.82, 2.24) is 18.9 Å². The Morgan fingerprint density at radius 3 is 2.83 bits per heavy atom. The number of piperidine rings is 1. The van der Waals surface area contributed by atoms with E-state index in [4.69, 9.17) is 4.74 Å². The van der Waals surface area contributed by atoms with Crippen LogP contribution in [0.1, 0.15) is 41.9 Å². The highest BCUT2D eigenvalue weighted by atomic mass is 32.2. The summed E-state index contributed by atoms with van der Waals surface area (Å²) in [6.07, 6.45) is 6.98. The largest absolute Gasteiger partial charge is 0.493 e. The molecule has 29 heavy (non-hydrogen) atoms. The molecule has 0 bridgehead atoms. The number of hydrogen-bond donors (Lipinski definition) is 0. The lowest BCUT2D eigenvalue weighted by Crippen LogP contribution is -2.38. The molecule has 0 saturated carbocycles. The third kappa shape index (κ3) is 3.30. The van der Waals surface area contributed by atoms with Gasteiger partial charge in [0.2, 0.25) is 10.0 Å². The molecule has 0 spiro atoms. The summed E-state index contributed by atoms with van der Waals surface area (Å²) in [5.74, 6) is 1.14. The summed E-state index contributed by atoms with van der Waals surface area (Å²) >= 11 is 0. The number of aromatic nitrogens is 3. The number of fused-ring (bicyclic) bond motifs is 2. The first-order valence-corrected chi connectivity index (χ1v) is 11.5. The summed E-state index contributed by atoms with van der Waals surface area (Å²) in [6, 6.07) is 7.30. The Morgan fingerprint density at radius 1 is 1.17 bits per heavy atom. The first kappa shape index (κ1) is 18.6. The number of aryl methyl sites for hydroxylation is 2. The number of ether oxygens (including phenoxy) is 1. The first-order valence-electron chi connectivity index (χ1n) is 10.1. The van der Waals surface area contributed by atoms with Crippen LogP contribution in [0.25, 0.3) is 5.65 Å². The van der Waals surface area contributed by atoms with E-state index in [0.717, 1.165) is 42.6 Å². The third-order valence-electron chi connectivity index (χ3n) is 6.07. The summed E-state index contributed by atoms with van der Waals surface area (Å²) < 4.78 is 35.4. The van der Waals surface area contributed by atoms with Gasteiger partial charge in [-0.25, -0.2) is 17.9 Å². The Kier molecular flexibility index (Phi) is 4.55. The summed E-state index contributed by atoms with van der Waals surface area (Å²) in [7, 11) is -3.49. The number of nitrogens with zero attached hydrogens (tertiary/aromatic N) is 4. The Balaban J connectivity index is 1.35. The maximum Gasteiger partial charge on any atom is 0.243 e. The molecule has 0 atom stereocenters. The highest BCUT2D eigenvalue weighted by molar-refractivity contribution is 7.89. The van der Waals surface area contributed by atoms with Crippen LogP contribution in [0, 0.1) is 6.92 Å². The molecule has 1 aromatic carbocycles. The van der Waals surface area contributed by atoms with Crippen molar-refractivity contribution in [2.75, 3.05) is 19.7 Å². The van der Waals surface area contributed by atoms with Crippen molar-refractivity contribution in [2.45, 2.75) is 43.4 Å². The standard InChI is InChI=1S/C21H24N4O3S/c1-15-11-21-22-14-23-25(21)13-19(15)16-6-8-24(9-7-16)29(26,27)18-4-5-20-17(12-18)3-2-10-28-20/h4-5,11-14,16H,2-3,6-10H2,1H3. The molecule has 2 aromatic heterocycles. The molecule has 0 radical (unpaired) electrons. The van der Waals surface area contributed by atoms with E-state index in [1.807, 2.05) is 12.3 Å². The maximum atomic E-state index is 13.2. The van der Waals surface area contributed by atoms with E-state index in [1.165, 1.54) is 11.1 Å². The normalized spacial score (nSPS) is 18.5. The van der Waals surface area contributed by atoms with E-state index in [9.17, 15) is 8.42 Å². The minimum absolute atomic E-state index is 0.326. The van der Waals surface area contributed by atoms with Crippen molar-refractivity contribution in [3.05, 3.63) is 53.5 Å². The molecule has 0 N–H and O–H groups in total. The van der Waals surface area contributed by atoms with Crippen LogP contribution in [0.3, 0.4) is 0 Å². The zero-order valence-corrected chi connectivity index (χ0v) is 17.2. The van der Waals surface area contributed by atoms with Crippen LogP contribution in [-0.4, -0.2) is 47.0 Å². The summed E-state index contributed by atoms with van der Waals surface area (Å²) in [5.41, 5.74) is 4.24. The van der Waals surface area contributed by atoms with E-state index in [2.05, 4.69) is 17.0 Å². The molecule has 0 unspecified atom stereocenters. The summed E-state index contributed by atoms with van der Waals surface area (Å²) in [5, 5.41) is 4.23. The molecule has 7 nitrogen and oxygen atoms in total. The molecule has 5 rings (SSSR count). The van der Waals surface area contributed by atoms with Crippen molar-refractivity contribution < 1.29 is 13.2 Å². The zero-order chi connectivity index (χ0) is 20.0. The van der Waals surface area contributed by atoms with Gasteiger partial charge in [0.15, 0.2) is 5.65 Å². The van der Waals surface area contributed by atoms with Gasteiger partial charge in [-0.1, -0.05) is 0 Å². The highest BCUT2D eigenvalue weighted by Gasteiger charge is 2.31. The van der Waals surface area contributed by atoms with Crippen molar-refractivity contribution in [3.8, 4) is 5.75 Å². The Bertz CT molecular complexity index is 1160. The lowest BCUT2D eigenvalue weighted by atomic mass is 9.89. The van der Waals surface area contributed by atoms with Gasteiger partial charge in [-0.3, -0.25) is 0 Å². The molecule has 0 aliphatic carbocycles. The molecule has 8 heteroatoms. The molecule has 1 fully saturated rings. The van der Waals surface area contributed by atoms with Gasteiger partial charge in [-0.15, -0.1) is 0 Å². The molecule has 2 aliphatic heterocycles. The second-order valence-corrected chi connectivity index (χ2v) is 9.81. The van der Waals surface area contributed by atoms with Gasteiger partial charge in [0.1, 0.15) is 12.1 Å². The van der Waals surface area contributed by atoms with Crippen LogP contribution in [-0.2, 0) is 16.4 Å². The van der Waals surface area contributed by atoms with Gasteiger partial charge in [0.25, 0.3) is 0 Å². The Morgan fingerprint density at radius 2 is 2.00 bits per heavy atom. The van der Waals surface area contributed by atoms with E-state index in [1.54, 1.807) is 33.3 Å². The molecule has 2 aliphatic rings. The monoisotopic (exact) mass is 412 g/mol. The molecule has 1 saturated heterocycles. The number of rotatable bonds is 3. The highest BCUT2D eigenvalue weighted by Crippen LogP contribution is 2.34. The molecule has 3 aromatic rings. The second-order valence-electron chi connectivity index (χ2n) is 7.87. The Hall–Kier alpha value is -2.45. The van der Waals surface area contributed by atoms with Gasteiger partial charge in [-0.2, -0.15) is 9.40 Å². The lowest BCUT2D eigenvalue weighted by molar-refractivity contribution is 0.287. The van der Waals surface area contributed by atoms with E-state index in [0.29, 0.717) is 30.5 Å². The van der Waals surface area contributed by atoms with Crippen LogP contribution in [0.2, 0.25) is 0 Å². The molecular formula is C21H24N4O3S. The fraction of sp³-hybridized carbons (Fsp3) is 0.429. The van der Waals surface area contributed by atoms with E-state index < -0.39 is 10.0 Å². The molecule has 4 heterocycles. The van der Waals surface area contributed by atoms with Crippen LogP contribution in [0.15, 0.2) is 41.7 Å². The van der Waals surface area contributed by atoms with Gasteiger partial charge in [-0.05, 0) is 79.5 Å². The van der Waals surface area contributed by atoms with Gasteiger partial charge >= 0.3 is 0 Å². The van der Waals surface area contributed by atoms with Crippen molar-refractivity contribution >= 4 is 15.7 Å². The average Bonchev–Trinajstić information content (AvgIpc) is 3.20. The van der Waals surface area contributed by atoms with Crippen molar-refractivity contribution in [1.29, 1.82) is 0 Å². The van der Waals surface area contributed by atoms with E-state index >= 15 is 0 Å². The quantitative estimate of drug-likeness (QED) is 0.661. The number of hydrogen-bond acceptors (Lipinski definition) is 5. The van der Waals surface area contributed by atoms with Gasteiger partial charge < -0.3 is 4.74 Å². The van der Waals surface area contributed by atoms with Crippen LogP contribution < -0.4 is 4.74 Å². The predicted molar refractivity (Wildman–Crippen MR) is 109 cm³/mol. The lowest BCUT2D eigenvalue weighted by Gasteiger charge is -2.32. The zero-order valence-electron chi connectivity index (χ0n) is 16.4. The fourth-order valence-corrected chi connectivity index (χ4v) is 5.97. The first-order chi connectivity index (χ1) is 14.0. The number of benzene rings is 1. The maximum absolute atomic E-state index is 13.2. The smallest absolute Gasteiger partial charge is 0.243 e. The second kappa shape index (κ2) is 7.11. The van der Waals surface area contributed by atoms with Gasteiger partial charge in [0, 0.05) is 19.3 Å². The van der Waals surface area contributed by atoms with E-state index in [-0.39, 0.29) is 0 Å². The fourth-order valence-electron chi connectivity index (χ4n) is 4.45. The molecular weight excluding hydrogens is 388 g/mol. The Labute approximate surface area is 170 Å². The average molecular weight is 413 g/mol.